The van der Waals surface area contributed by atoms with Gasteiger partial charge in [0.25, 0.3) is 0 Å². The van der Waals surface area contributed by atoms with Crippen LogP contribution in [0.3, 0.4) is 0 Å². The number of nitrogens with two attached hydrogens (primary N) is 1. The van der Waals surface area contributed by atoms with Gasteiger partial charge in [0, 0.05) is 11.6 Å². The maximum Gasteiger partial charge on any atom is 0.205 e. The van der Waals surface area contributed by atoms with Gasteiger partial charge in [-0.3, -0.25) is 0 Å². The highest BCUT2D eigenvalue weighted by Crippen LogP contribution is 2.46. The SMILES string of the molecule is COc1cc([C@@H]2C(C#N)=C(N)Oc3cc(O)ccc32)cc(I)c1OCc1cccc2ccccc12. The summed E-state index contributed by atoms with van der Waals surface area (Å²) in [5.74, 6) is 1.18. The molecule has 6 nitrogen and oxygen atoms in total. The highest BCUT2D eigenvalue weighted by Gasteiger charge is 2.32. The van der Waals surface area contributed by atoms with E-state index >= 15 is 0 Å². The van der Waals surface area contributed by atoms with Crippen LogP contribution in [0.1, 0.15) is 22.6 Å². The summed E-state index contributed by atoms with van der Waals surface area (Å²) in [5, 5.41) is 22.0. The zero-order valence-electron chi connectivity index (χ0n) is 18.8. The number of halogens is 1. The first-order chi connectivity index (χ1) is 17.0. The molecule has 35 heavy (non-hydrogen) atoms. The highest BCUT2D eigenvalue weighted by atomic mass is 127. The van der Waals surface area contributed by atoms with Gasteiger partial charge in [-0.2, -0.15) is 5.26 Å². The molecule has 0 bridgehead atoms. The lowest BCUT2D eigenvalue weighted by molar-refractivity contribution is 0.283. The Morgan fingerprint density at radius 3 is 2.69 bits per heavy atom. The van der Waals surface area contributed by atoms with Gasteiger partial charge in [0.2, 0.25) is 5.88 Å². The van der Waals surface area contributed by atoms with Crippen LogP contribution in [0.25, 0.3) is 10.8 Å². The monoisotopic (exact) mass is 576 g/mol. The van der Waals surface area contributed by atoms with Gasteiger partial charge in [-0.15, -0.1) is 0 Å². The first-order valence-corrected chi connectivity index (χ1v) is 12.0. The maximum absolute atomic E-state index is 9.90. The number of nitriles is 1. The van der Waals surface area contributed by atoms with E-state index in [9.17, 15) is 10.4 Å². The fourth-order valence-electron chi connectivity index (χ4n) is 4.40. The number of methoxy groups -OCH3 is 1. The minimum atomic E-state index is -0.473. The summed E-state index contributed by atoms with van der Waals surface area (Å²) in [6.07, 6.45) is 0. The molecule has 0 saturated carbocycles. The van der Waals surface area contributed by atoms with Crippen molar-refractivity contribution < 1.29 is 19.3 Å². The number of ether oxygens (including phenoxy) is 3. The normalized spacial score (nSPS) is 14.7. The first-order valence-electron chi connectivity index (χ1n) is 10.9. The zero-order chi connectivity index (χ0) is 24.5. The van der Waals surface area contributed by atoms with Crippen molar-refractivity contribution >= 4 is 33.4 Å². The fraction of sp³-hybridized carbons (Fsp3) is 0.107. The predicted octanol–water partition coefficient (Wildman–Crippen LogP) is 5.96. The van der Waals surface area contributed by atoms with E-state index in [-0.39, 0.29) is 11.6 Å². The van der Waals surface area contributed by atoms with E-state index in [0.717, 1.165) is 31.0 Å². The molecule has 0 fully saturated rings. The minimum Gasteiger partial charge on any atom is -0.508 e. The number of hydrogen-bond donors (Lipinski definition) is 2. The molecular formula is C28H21IN2O4. The van der Waals surface area contributed by atoms with Crippen LogP contribution in [0.15, 0.2) is 84.3 Å². The molecule has 7 heteroatoms. The Balaban J connectivity index is 1.54. The average Bonchev–Trinajstić information content (AvgIpc) is 2.86. The van der Waals surface area contributed by atoms with Crippen LogP contribution in [0.5, 0.6) is 23.0 Å². The van der Waals surface area contributed by atoms with Gasteiger partial charge < -0.3 is 25.1 Å². The Bertz CT molecular complexity index is 1520. The van der Waals surface area contributed by atoms with E-state index in [1.54, 1.807) is 19.2 Å². The summed E-state index contributed by atoms with van der Waals surface area (Å²) in [6, 6.07) is 25.1. The largest absolute Gasteiger partial charge is 0.508 e. The summed E-state index contributed by atoms with van der Waals surface area (Å²) in [4.78, 5) is 0. The van der Waals surface area contributed by atoms with Gasteiger partial charge >= 0.3 is 0 Å². The van der Waals surface area contributed by atoms with Crippen LogP contribution < -0.4 is 19.9 Å². The fourth-order valence-corrected chi connectivity index (χ4v) is 5.18. The van der Waals surface area contributed by atoms with E-state index in [0.29, 0.717) is 29.4 Å². The number of phenols is 1. The van der Waals surface area contributed by atoms with Crippen molar-refractivity contribution in [3.63, 3.8) is 0 Å². The van der Waals surface area contributed by atoms with E-state index < -0.39 is 5.92 Å². The summed E-state index contributed by atoms with van der Waals surface area (Å²) < 4.78 is 18.4. The third-order valence-electron chi connectivity index (χ3n) is 6.04. The third kappa shape index (κ3) is 4.21. The van der Waals surface area contributed by atoms with Gasteiger partial charge in [0.1, 0.15) is 29.7 Å². The number of hydrogen-bond acceptors (Lipinski definition) is 6. The lowest BCUT2D eigenvalue weighted by atomic mass is 9.83. The Labute approximate surface area is 216 Å². The molecule has 174 valence electrons. The van der Waals surface area contributed by atoms with Gasteiger partial charge in [-0.1, -0.05) is 48.5 Å². The van der Waals surface area contributed by atoms with Gasteiger partial charge in [0.05, 0.1) is 16.6 Å². The second-order valence-electron chi connectivity index (χ2n) is 8.11. The molecule has 3 N–H and O–H groups in total. The first kappa shape index (κ1) is 22.9. The van der Waals surface area contributed by atoms with E-state index in [1.807, 2.05) is 30.3 Å². The number of nitrogens with zero attached hydrogens (tertiary/aromatic N) is 1. The predicted molar refractivity (Wildman–Crippen MR) is 141 cm³/mol. The lowest BCUT2D eigenvalue weighted by Crippen LogP contribution is -2.21. The third-order valence-corrected chi connectivity index (χ3v) is 6.84. The standard InChI is InChI=1S/C28H21IN2O4/c1-33-25-12-18(26-21-10-9-19(32)13-24(21)35-28(31)22(26)14-30)11-23(29)27(25)34-15-17-7-4-6-16-5-2-3-8-20(16)17/h2-13,26,32H,15,31H2,1H3/t26-/m0/s1. The van der Waals surface area contributed by atoms with Crippen LogP contribution in [0, 0.1) is 14.9 Å². The second-order valence-corrected chi connectivity index (χ2v) is 9.27. The van der Waals surface area contributed by atoms with Gasteiger partial charge in [-0.25, -0.2) is 0 Å². The maximum atomic E-state index is 9.90. The molecule has 1 aliphatic heterocycles. The van der Waals surface area contributed by atoms with Gasteiger partial charge in [0.15, 0.2) is 11.5 Å². The molecule has 0 aromatic heterocycles. The highest BCUT2D eigenvalue weighted by molar-refractivity contribution is 14.1. The topological polar surface area (TPSA) is 97.7 Å². The molecule has 5 rings (SSSR count). The lowest BCUT2D eigenvalue weighted by Gasteiger charge is -2.27. The molecule has 0 spiro atoms. The van der Waals surface area contributed by atoms with Crippen LogP contribution in [0.4, 0.5) is 0 Å². The van der Waals surface area contributed by atoms with Crippen molar-refractivity contribution in [3.8, 4) is 29.1 Å². The summed E-state index contributed by atoms with van der Waals surface area (Å²) in [5.41, 5.74) is 8.98. The number of phenolic OH excluding ortho intramolecular Hbond substituents is 1. The van der Waals surface area contributed by atoms with E-state index in [2.05, 4.69) is 52.9 Å². The Hall–Kier alpha value is -3.90. The van der Waals surface area contributed by atoms with Crippen LogP contribution in [-0.4, -0.2) is 12.2 Å². The van der Waals surface area contributed by atoms with Crippen LogP contribution in [0.2, 0.25) is 0 Å². The number of allylic oxidation sites excluding steroid dienone is 1. The molecular weight excluding hydrogens is 555 g/mol. The van der Waals surface area contributed by atoms with Crippen LogP contribution >= 0.6 is 22.6 Å². The van der Waals surface area contributed by atoms with E-state index in [4.69, 9.17) is 19.9 Å². The van der Waals surface area contributed by atoms with Crippen molar-refractivity contribution in [1.29, 1.82) is 5.26 Å². The molecule has 1 atom stereocenters. The van der Waals surface area contributed by atoms with Crippen molar-refractivity contribution in [2.75, 3.05) is 7.11 Å². The van der Waals surface area contributed by atoms with Crippen molar-refractivity contribution in [1.82, 2.24) is 0 Å². The number of benzene rings is 4. The molecule has 0 saturated heterocycles. The summed E-state index contributed by atoms with van der Waals surface area (Å²) in [6.45, 7) is 0.378. The number of aromatic hydroxyl groups is 1. The summed E-state index contributed by atoms with van der Waals surface area (Å²) in [7, 11) is 1.59. The van der Waals surface area contributed by atoms with E-state index in [1.165, 1.54) is 6.07 Å². The molecule has 4 aromatic rings. The number of rotatable bonds is 5. The molecule has 4 aromatic carbocycles. The molecule has 0 radical (unpaired) electrons. The molecule has 1 aliphatic rings. The average molecular weight is 576 g/mol. The second kappa shape index (κ2) is 9.39. The van der Waals surface area contributed by atoms with Crippen molar-refractivity contribution in [3.05, 3.63) is 105 Å². The Kier molecular flexibility index (Phi) is 6.14. The molecule has 0 unspecified atom stereocenters. The summed E-state index contributed by atoms with van der Waals surface area (Å²) >= 11 is 2.21. The van der Waals surface area contributed by atoms with Crippen LogP contribution in [-0.2, 0) is 6.61 Å². The molecule has 0 amide bonds. The Morgan fingerprint density at radius 2 is 1.89 bits per heavy atom. The van der Waals surface area contributed by atoms with Crippen molar-refractivity contribution in [2.45, 2.75) is 12.5 Å². The minimum absolute atomic E-state index is 0.0147. The smallest absolute Gasteiger partial charge is 0.205 e. The van der Waals surface area contributed by atoms with Crippen molar-refractivity contribution in [2.24, 2.45) is 5.73 Å². The Morgan fingerprint density at radius 1 is 1.09 bits per heavy atom. The zero-order valence-corrected chi connectivity index (χ0v) is 20.9. The number of fused-ring (bicyclic) bond motifs is 2. The quantitative estimate of drug-likeness (QED) is 0.285. The van der Waals surface area contributed by atoms with Gasteiger partial charge in [-0.05, 0) is 62.7 Å². The molecule has 1 heterocycles. The molecule has 0 aliphatic carbocycles.